The summed E-state index contributed by atoms with van der Waals surface area (Å²) in [5.74, 6) is 0.623. The predicted octanol–water partition coefficient (Wildman–Crippen LogP) is 3.52. The molecule has 27 heavy (non-hydrogen) atoms. The Bertz CT molecular complexity index is 841. The zero-order valence-corrected chi connectivity index (χ0v) is 17.0. The van der Waals surface area contributed by atoms with E-state index in [1.807, 2.05) is 24.8 Å². The second-order valence-electron chi connectivity index (χ2n) is 7.66. The second kappa shape index (κ2) is 7.59. The van der Waals surface area contributed by atoms with Crippen LogP contribution in [0.5, 0.6) is 0 Å². The number of nitrogens with zero attached hydrogens (tertiary/aromatic N) is 3. The fraction of sp³-hybridized carbons (Fsp3) is 0.455. The number of aryl methyl sites for hydroxylation is 1. The molecule has 0 bridgehead atoms. The molecule has 5 heteroatoms. The summed E-state index contributed by atoms with van der Waals surface area (Å²) in [6, 6.07) is 10.5. The molecular formula is C22H29N3O2. The maximum absolute atomic E-state index is 13.0. The van der Waals surface area contributed by atoms with Crippen molar-refractivity contribution in [2.75, 3.05) is 26.2 Å². The molecule has 0 spiro atoms. The van der Waals surface area contributed by atoms with Gasteiger partial charge in [0.2, 0.25) is 5.91 Å². The smallest absolute Gasteiger partial charge is 0.255 e. The summed E-state index contributed by atoms with van der Waals surface area (Å²) < 4.78 is 2.14. The molecule has 2 heterocycles. The van der Waals surface area contributed by atoms with Gasteiger partial charge in [-0.2, -0.15) is 0 Å². The van der Waals surface area contributed by atoms with Crippen LogP contribution in [-0.2, 0) is 4.79 Å². The Morgan fingerprint density at radius 1 is 0.926 bits per heavy atom. The quantitative estimate of drug-likeness (QED) is 0.833. The van der Waals surface area contributed by atoms with Gasteiger partial charge in [0.05, 0.1) is 5.56 Å². The summed E-state index contributed by atoms with van der Waals surface area (Å²) in [6.07, 6.45) is 0. The SMILES string of the molecule is CC(=O)N1CCN(C(=O)c2cc(C)n(-c3ccc(C(C)C)cc3)c2C)CC1. The lowest BCUT2D eigenvalue weighted by atomic mass is 10.0. The Morgan fingerprint density at radius 3 is 2.00 bits per heavy atom. The average Bonchev–Trinajstić information content (AvgIpc) is 2.95. The number of carbonyl (C=O) groups is 2. The number of aromatic nitrogens is 1. The van der Waals surface area contributed by atoms with Crippen LogP contribution in [0.25, 0.3) is 5.69 Å². The van der Waals surface area contributed by atoms with Crippen molar-refractivity contribution in [3.63, 3.8) is 0 Å². The molecule has 0 aliphatic carbocycles. The van der Waals surface area contributed by atoms with Crippen molar-refractivity contribution in [3.05, 3.63) is 52.8 Å². The summed E-state index contributed by atoms with van der Waals surface area (Å²) in [5, 5.41) is 0. The highest BCUT2D eigenvalue weighted by molar-refractivity contribution is 5.96. The number of carbonyl (C=O) groups excluding carboxylic acids is 2. The van der Waals surface area contributed by atoms with Gasteiger partial charge in [0.15, 0.2) is 0 Å². The molecule has 3 rings (SSSR count). The highest BCUT2D eigenvalue weighted by Crippen LogP contribution is 2.24. The van der Waals surface area contributed by atoms with Gasteiger partial charge in [-0.15, -0.1) is 0 Å². The Kier molecular flexibility index (Phi) is 5.40. The van der Waals surface area contributed by atoms with E-state index in [9.17, 15) is 9.59 Å². The minimum Gasteiger partial charge on any atom is -0.339 e. The van der Waals surface area contributed by atoms with E-state index in [2.05, 4.69) is 42.7 Å². The van der Waals surface area contributed by atoms with Crippen LogP contribution < -0.4 is 0 Å². The number of hydrogen-bond acceptors (Lipinski definition) is 2. The zero-order chi connectivity index (χ0) is 19.7. The minimum absolute atomic E-state index is 0.0522. The van der Waals surface area contributed by atoms with Gasteiger partial charge in [-0.1, -0.05) is 26.0 Å². The number of rotatable bonds is 3. The Labute approximate surface area is 161 Å². The molecule has 0 saturated carbocycles. The van der Waals surface area contributed by atoms with Crippen LogP contribution in [0.2, 0.25) is 0 Å². The summed E-state index contributed by atoms with van der Waals surface area (Å²) in [6.45, 7) is 12.4. The first kappa shape index (κ1) is 19.2. The molecule has 0 unspecified atom stereocenters. The predicted molar refractivity (Wildman–Crippen MR) is 107 cm³/mol. The van der Waals surface area contributed by atoms with Gasteiger partial charge in [-0.3, -0.25) is 9.59 Å². The van der Waals surface area contributed by atoms with Crippen LogP contribution in [0.3, 0.4) is 0 Å². The molecule has 0 atom stereocenters. The standard InChI is InChI=1S/C22H29N3O2/c1-15(2)19-6-8-20(9-7-19)25-16(3)14-21(17(25)4)22(27)24-12-10-23(11-13-24)18(5)26/h6-9,14-15H,10-13H2,1-5H3. The van der Waals surface area contributed by atoms with Gasteiger partial charge < -0.3 is 14.4 Å². The second-order valence-corrected chi connectivity index (χ2v) is 7.66. The molecule has 1 aliphatic rings. The van der Waals surface area contributed by atoms with E-state index in [4.69, 9.17) is 0 Å². The van der Waals surface area contributed by atoms with Crippen molar-refractivity contribution < 1.29 is 9.59 Å². The molecule has 1 aromatic carbocycles. The van der Waals surface area contributed by atoms with Crippen molar-refractivity contribution in [3.8, 4) is 5.69 Å². The van der Waals surface area contributed by atoms with Crippen molar-refractivity contribution in [1.82, 2.24) is 14.4 Å². The van der Waals surface area contributed by atoms with Crippen LogP contribution in [0.1, 0.15) is 54.0 Å². The fourth-order valence-corrected chi connectivity index (χ4v) is 3.78. The lowest BCUT2D eigenvalue weighted by molar-refractivity contribution is -0.130. The van der Waals surface area contributed by atoms with E-state index in [1.165, 1.54) is 5.56 Å². The third-order valence-corrected chi connectivity index (χ3v) is 5.49. The molecular weight excluding hydrogens is 338 g/mol. The van der Waals surface area contributed by atoms with Crippen molar-refractivity contribution >= 4 is 11.8 Å². The maximum atomic E-state index is 13.0. The van der Waals surface area contributed by atoms with Gasteiger partial charge in [-0.05, 0) is 43.5 Å². The molecule has 0 N–H and O–H groups in total. The molecule has 144 valence electrons. The van der Waals surface area contributed by atoms with Crippen molar-refractivity contribution in [2.45, 2.75) is 40.5 Å². The van der Waals surface area contributed by atoms with Crippen LogP contribution >= 0.6 is 0 Å². The van der Waals surface area contributed by atoms with Gasteiger partial charge in [0, 0.05) is 50.2 Å². The van der Waals surface area contributed by atoms with Crippen LogP contribution in [0.15, 0.2) is 30.3 Å². The van der Waals surface area contributed by atoms with Gasteiger partial charge >= 0.3 is 0 Å². The lowest BCUT2D eigenvalue weighted by Gasteiger charge is -2.34. The summed E-state index contributed by atoms with van der Waals surface area (Å²) >= 11 is 0. The van der Waals surface area contributed by atoms with Gasteiger partial charge in [-0.25, -0.2) is 0 Å². The maximum Gasteiger partial charge on any atom is 0.255 e. The average molecular weight is 367 g/mol. The first-order chi connectivity index (χ1) is 12.8. The molecule has 1 aromatic heterocycles. The first-order valence-electron chi connectivity index (χ1n) is 9.63. The monoisotopic (exact) mass is 367 g/mol. The highest BCUT2D eigenvalue weighted by atomic mass is 16.2. The van der Waals surface area contributed by atoms with Crippen LogP contribution in [-0.4, -0.2) is 52.4 Å². The lowest BCUT2D eigenvalue weighted by Crippen LogP contribution is -2.50. The molecule has 2 aromatic rings. The van der Waals surface area contributed by atoms with Crippen molar-refractivity contribution in [2.24, 2.45) is 0 Å². The minimum atomic E-state index is 0.0522. The van der Waals surface area contributed by atoms with E-state index >= 15 is 0 Å². The van der Waals surface area contributed by atoms with E-state index in [1.54, 1.807) is 11.8 Å². The van der Waals surface area contributed by atoms with E-state index in [0.29, 0.717) is 32.1 Å². The fourth-order valence-electron chi connectivity index (χ4n) is 3.78. The van der Waals surface area contributed by atoms with E-state index in [0.717, 1.165) is 22.6 Å². The molecule has 0 radical (unpaired) electrons. The first-order valence-corrected chi connectivity index (χ1v) is 9.63. The molecule has 1 aliphatic heterocycles. The normalized spacial score (nSPS) is 14.7. The Balaban J connectivity index is 1.83. The number of piperazine rings is 1. The molecule has 1 fully saturated rings. The summed E-state index contributed by atoms with van der Waals surface area (Å²) in [4.78, 5) is 28.2. The third kappa shape index (κ3) is 3.77. The zero-order valence-electron chi connectivity index (χ0n) is 17.0. The number of amides is 2. The van der Waals surface area contributed by atoms with E-state index in [-0.39, 0.29) is 11.8 Å². The van der Waals surface area contributed by atoms with Crippen LogP contribution in [0.4, 0.5) is 0 Å². The van der Waals surface area contributed by atoms with Gasteiger partial charge in [0.25, 0.3) is 5.91 Å². The molecule has 2 amide bonds. The number of benzene rings is 1. The molecule has 5 nitrogen and oxygen atoms in total. The highest BCUT2D eigenvalue weighted by Gasteiger charge is 2.26. The Hall–Kier alpha value is -2.56. The summed E-state index contributed by atoms with van der Waals surface area (Å²) in [5.41, 5.74) is 5.15. The molecule has 1 saturated heterocycles. The summed E-state index contributed by atoms with van der Waals surface area (Å²) in [7, 11) is 0. The van der Waals surface area contributed by atoms with E-state index < -0.39 is 0 Å². The Morgan fingerprint density at radius 2 is 1.48 bits per heavy atom. The van der Waals surface area contributed by atoms with Gasteiger partial charge in [0.1, 0.15) is 0 Å². The number of hydrogen-bond donors (Lipinski definition) is 0. The van der Waals surface area contributed by atoms with Crippen molar-refractivity contribution in [1.29, 1.82) is 0 Å². The third-order valence-electron chi connectivity index (χ3n) is 5.49. The largest absolute Gasteiger partial charge is 0.339 e. The topological polar surface area (TPSA) is 45.6 Å². The van der Waals surface area contributed by atoms with Crippen LogP contribution in [0, 0.1) is 13.8 Å².